The Labute approximate surface area is 78.4 Å². The molecule has 72 valence electrons. The van der Waals surface area contributed by atoms with E-state index in [9.17, 15) is 4.79 Å². The Morgan fingerprint density at radius 3 is 2.92 bits per heavy atom. The maximum atomic E-state index is 10.9. The topological polar surface area (TPSA) is 38.3 Å². The Morgan fingerprint density at radius 2 is 2.33 bits per heavy atom. The molecular formula is C8H16ClNO2. The highest BCUT2D eigenvalue weighted by Crippen LogP contribution is 1.85. The molecule has 0 saturated heterocycles. The predicted octanol–water partition coefficient (Wildman–Crippen LogP) is 1.16. The van der Waals surface area contributed by atoms with Crippen LogP contribution in [-0.2, 0) is 9.53 Å². The highest BCUT2D eigenvalue weighted by Gasteiger charge is 1.98. The summed E-state index contributed by atoms with van der Waals surface area (Å²) in [5.74, 6) is 0.530. The number of halogens is 1. The van der Waals surface area contributed by atoms with Gasteiger partial charge in [-0.25, -0.2) is 0 Å². The molecule has 0 atom stereocenters. The van der Waals surface area contributed by atoms with Gasteiger partial charge in [0.05, 0.1) is 0 Å². The molecule has 4 heteroatoms. The van der Waals surface area contributed by atoms with E-state index in [4.69, 9.17) is 16.3 Å². The van der Waals surface area contributed by atoms with Gasteiger partial charge in [0, 0.05) is 19.0 Å². The van der Waals surface area contributed by atoms with Crippen molar-refractivity contribution in [3.8, 4) is 0 Å². The van der Waals surface area contributed by atoms with E-state index in [1.807, 2.05) is 6.92 Å². The van der Waals surface area contributed by atoms with Crippen LogP contribution in [0.1, 0.15) is 19.8 Å². The summed E-state index contributed by atoms with van der Waals surface area (Å²) in [6.07, 6.45) is 1.75. The zero-order valence-corrected chi connectivity index (χ0v) is 8.19. The first-order chi connectivity index (χ1) is 5.81. The van der Waals surface area contributed by atoms with E-state index in [0.29, 0.717) is 12.5 Å². The van der Waals surface area contributed by atoms with Crippen molar-refractivity contribution >= 4 is 17.5 Å². The normalized spacial score (nSPS) is 9.83. The molecule has 1 N–H and O–H groups in total. The monoisotopic (exact) mass is 193 g/mol. The zero-order valence-electron chi connectivity index (χ0n) is 7.44. The molecule has 0 unspecified atom stereocenters. The lowest BCUT2D eigenvalue weighted by Gasteiger charge is -2.03. The first kappa shape index (κ1) is 11.7. The second kappa shape index (κ2) is 8.81. The molecule has 0 aliphatic heterocycles. The molecule has 0 aromatic rings. The number of ether oxygens (including phenoxy) is 1. The maximum absolute atomic E-state index is 10.9. The van der Waals surface area contributed by atoms with Crippen molar-refractivity contribution in [2.45, 2.75) is 19.8 Å². The molecule has 0 aliphatic carbocycles. The van der Waals surface area contributed by atoms with Crippen LogP contribution >= 0.6 is 11.6 Å². The summed E-state index contributed by atoms with van der Waals surface area (Å²) in [7, 11) is 0. The predicted molar refractivity (Wildman–Crippen MR) is 49.5 cm³/mol. The molecule has 0 radical (unpaired) electrons. The third-order valence-corrected chi connectivity index (χ3v) is 1.49. The summed E-state index contributed by atoms with van der Waals surface area (Å²) < 4.78 is 5.04. The summed E-state index contributed by atoms with van der Waals surface area (Å²) in [5, 5.41) is 2.71. The van der Waals surface area contributed by atoms with Crippen LogP contribution in [0.25, 0.3) is 0 Å². The lowest BCUT2D eigenvalue weighted by molar-refractivity contribution is -0.125. The van der Waals surface area contributed by atoms with E-state index in [-0.39, 0.29) is 12.5 Å². The summed E-state index contributed by atoms with van der Waals surface area (Å²) in [6.45, 7) is 3.44. The summed E-state index contributed by atoms with van der Waals surface area (Å²) in [6, 6.07) is 0. The Bertz CT molecular complexity index is 120. The van der Waals surface area contributed by atoms with Crippen molar-refractivity contribution in [1.82, 2.24) is 5.32 Å². The molecule has 3 nitrogen and oxygen atoms in total. The molecule has 0 aromatic heterocycles. The molecule has 12 heavy (non-hydrogen) atoms. The maximum Gasteiger partial charge on any atom is 0.245 e. The first-order valence-electron chi connectivity index (χ1n) is 4.21. The molecule has 0 aliphatic rings. The van der Waals surface area contributed by atoms with Crippen LogP contribution in [0, 0.1) is 0 Å². The third kappa shape index (κ3) is 7.82. The lowest BCUT2D eigenvalue weighted by atomic mass is 10.4. The van der Waals surface area contributed by atoms with Gasteiger partial charge in [0.15, 0.2) is 0 Å². The van der Waals surface area contributed by atoms with Crippen LogP contribution in [-0.4, -0.2) is 31.5 Å². The number of amides is 1. The van der Waals surface area contributed by atoms with Crippen molar-refractivity contribution in [2.24, 2.45) is 0 Å². The summed E-state index contributed by atoms with van der Waals surface area (Å²) in [4.78, 5) is 10.9. The largest absolute Gasteiger partial charge is 0.372 e. The van der Waals surface area contributed by atoms with Gasteiger partial charge in [-0.05, 0) is 12.8 Å². The van der Waals surface area contributed by atoms with E-state index in [1.165, 1.54) is 0 Å². The first-order valence-corrected chi connectivity index (χ1v) is 4.75. The quantitative estimate of drug-likeness (QED) is 0.487. The minimum absolute atomic E-state index is 0.0496. The fraction of sp³-hybridized carbons (Fsp3) is 0.875. The minimum Gasteiger partial charge on any atom is -0.372 e. The van der Waals surface area contributed by atoms with Crippen LogP contribution in [0.2, 0.25) is 0 Å². The molecule has 0 saturated carbocycles. The summed E-state index contributed by atoms with van der Waals surface area (Å²) in [5.41, 5.74) is 0. The number of nitrogens with one attached hydrogen (secondary N) is 1. The van der Waals surface area contributed by atoms with Gasteiger partial charge in [0.1, 0.15) is 6.61 Å². The molecule has 0 heterocycles. The standard InChI is InChI=1S/C8H16ClNO2/c1-2-5-10-8(11)7-12-6-3-4-9/h2-7H2,1H3,(H,10,11). The van der Waals surface area contributed by atoms with Crippen molar-refractivity contribution in [3.05, 3.63) is 0 Å². The van der Waals surface area contributed by atoms with Gasteiger partial charge in [-0.2, -0.15) is 0 Å². The Kier molecular flexibility index (Phi) is 8.61. The average molecular weight is 194 g/mol. The summed E-state index contributed by atoms with van der Waals surface area (Å²) >= 11 is 5.42. The van der Waals surface area contributed by atoms with E-state index >= 15 is 0 Å². The number of rotatable bonds is 7. The van der Waals surface area contributed by atoms with Gasteiger partial charge in [-0.1, -0.05) is 6.92 Å². The number of carbonyl (C=O) groups excluding carboxylic acids is 1. The molecular weight excluding hydrogens is 178 g/mol. The molecule has 1 amide bonds. The third-order valence-electron chi connectivity index (χ3n) is 1.23. The smallest absolute Gasteiger partial charge is 0.245 e. The second-order valence-electron chi connectivity index (χ2n) is 2.45. The number of hydrogen-bond acceptors (Lipinski definition) is 2. The Morgan fingerprint density at radius 1 is 1.58 bits per heavy atom. The van der Waals surface area contributed by atoms with Gasteiger partial charge in [-0.15, -0.1) is 11.6 Å². The number of carbonyl (C=O) groups is 1. The highest BCUT2D eigenvalue weighted by atomic mass is 35.5. The van der Waals surface area contributed by atoms with Crippen molar-refractivity contribution in [2.75, 3.05) is 25.6 Å². The fourth-order valence-electron chi connectivity index (χ4n) is 0.637. The van der Waals surface area contributed by atoms with Crippen molar-refractivity contribution in [3.63, 3.8) is 0 Å². The van der Waals surface area contributed by atoms with Crippen LogP contribution in [0.3, 0.4) is 0 Å². The average Bonchev–Trinajstić information content (AvgIpc) is 2.09. The molecule has 0 spiro atoms. The molecule has 0 aromatic carbocycles. The Balaban J connectivity index is 3.08. The van der Waals surface area contributed by atoms with Crippen molar-refractivity contribution in [1.29, 1.82) is 0 Å². The lowest BCUT2D eigenvalue weighted by Crippen LogP contribution is -2.28. The van der Waals surface area contributed by atoms with E-state index in [2.05, 4.69) is 5.32 Å². The van der Waals surface area contributed by atoms with Crippen LogP contribution in [0.15, 0.2) is 0 Å². The molecule has 0 bridgehead atoms. The van der Waals surface area contributed by atoms with E-state index in [0.717, 1.165) is 19.4 Å². The van der Waals surface area contributed by atoms with Gasteiger partial charge < -0.3 is 10.1 Å². The molecule has 0 fully saturated rings. The fourth-order valence-corrected chi connectivity index (χ4v) is 0.746. The van der Waals surface area contributed by atoms with Crippen LogP contribution in [0.5, 0.6) is 0 Å². The van der Waals surface area contributed by atoms with Crippen LogP contribution in [0.4, 0.5) is 0 Å². The van der Waals surface area contributed by atoms with Crippen molar-refractivity contribution < 1.29 is 9.53 Å². The number of hydrogen-bond donors (Lipinski definition) is 1. The van der Waals surface area contributed by atoms with E-state index < -0.39 is 0 Å². The second-order valence-corrected chi connectivity index (χ2v) is 2.82. The van der Waals surface area contributed by atoms with Gasteiger partial charge in [-0.3, -0.25) is 4.79 Å². The molecule has 0 rings (SSSR count). The van der Waals surface area contributed by atoms with Gasteiger partial charge in [0.25, 0.3) is 0 Å². The van der Waals surface area contributed by atoms with E-state index in [1.54, 1.807) is 0 Å². The SMILES string of the molecule is CCCNC(=O)COCCCCl. The van der Waals surface area contributed by atoms with Crippen LogP contribution < -0.4 is 5.32 Å². The van der Waals surface area contributed by atoms with Gasteiger partial charge in [0.2, 0.25) is 5.91 Å². The van der Waals surface area contributed by atoms with Gasteiger partial charge >= 0.3 is 0 Å². The zero-order chi connectivity index (χ0) is 9.23. The minimum atomic E-state index is -0.0496. The Hall–Kier alpha value is -0.280. The number of alkyl halides is 1. The highest BCUT2D eigenvalue weighted by molar-refractivity contribution is 6.17.